The maximum absolute atomic E-state index is 14.2. The van der Waals surface area contributed by atoms with E-state index >= 15 is 0 Å². The number of anilines is 2. The summed E-state index contributed by atoms with van der Waals surface area (Å²) in [6.45, 7) is 6.62. The van der Waals surface area contributed by atoms with Crippen molar-refractivity contribution in [2.75, 3.05) is 17.1 Å². The number of esters is 1. The lowest BCUT2D eigenvalue weighted by atomic mass is 9.72. The van der Waals surface area contributed by atoms with Crippen LogP contribution in [-0.2, 0) is 32.0 Å². The van der Waals surface area contributed by atoms with Crippen LogP contribution in [0.2, 0.25) is 0 Å². The molecule has 0 N–H and O–H groups in total. The first kappa shape index (κ1) is 26.7. The summed E-state index contributed by atoms with van der Waals surface area (Å²) >= 11 is 1.33. The third-order valence-corrected chi connectivity index (χ3v) is 9.64. The molecule has 2 aliphatic heterocycles. The predicted molar refractivity (Wildman–Crippen MR) is 150 cm³/mol. The topological polar surface area (TPSA) is 76.2 Å². The van der Waals surface area contributed by atoms with Crippen LogP contribution in [0.15, 0.2) is 54.6 Å². The van der Waals surface area contributed by atoms with Crippen molar-refractivity contribution in [2.45, 2.75) is 52.2 Å². The summed E-state index contributed by atoms with van der Waals surface area (Å²) in [6.07, 6.45) is 1.27. The maximum Gasteiger partial charge on any atom is 0.341 e. The number of carbonyl (C=O) groups excluding carboxylic acids is 3. The minimum absolute atomic E-state index is 0.0840. The summed E-state index contributed by atoms with van der Waals surface area (Å²) in [7, 11) is 1.31. The number of nitrogens with zero attached hydrogens (tertiary/aromatic N) is 2. The summed E-state index contributed by atoms with van der Waals surface area (Å²) in [5, 5.41) is 1.88. The number of carbonyl (C=O) groups is 3. The maximum atomic E-state index is 14.2. The van der Waals surface area contributed by atoms with E-state index < -0.39 is 41.7 Å². The molecule has 3 aromatic rings. The SMILES string of the molecule is COC(=O)c1c(N2C(=O)[C@@H]3[C@H](ON(c4ccccc4)[C@H]3c3ccc(F)cc3)C2=O)sc2c1CC[C@H](C(C)(C)C)C2. The zero-order valence-electron chi connectivity index (χ0n) is 22.8. The summed E-state index contributed by atoms with van der Waals surface area (Å²) in [5.41, 5.74) is 2.57. The molecule has 40 heavy (non-hydrogen) atoms. The molecule has 208 valence electrons. The van der Waals surface area contributed by atoms with Crippen LogP contribution < -0.4 is 9.96 Å². The van der Waals surface area contributed by atoms with Gasteiger partial charge in [-0.15, -0.1) is 11.3 Å². The van der Waals surface area contributed by atoms with Crippen LogP contribution in [0.5, 0.6) is 0 Å². The predicted octanol–water partition coefficient (Wildman–Crippen LogP) is 5.88. The van der Waals surface area contributed by atoms with E-state index in [1.807, 2.05) is 30.3 Å². The van der Waals surface area contributed by atoms with Crippen LogP contribution >= 0.6 is 11.3 Å². The molecule has 3 aliphatic rings. The Bertz CT molecular complexity index is 1480. The Morgan fingerprint density at radius 1 is 1.05 bits per heavy atom. The smallest absolute Gasteiger partial charge is 0.341 e. The number of amides is 2. The second kappa shape index (κ2) is 9.82. The molecule has 0 radical (unpaired) electrons. The molecule has 7 nitrogen and oxygen atoms in total. The third kappa shape index (κ3) is 4.23. The lowest BCUT2D eigenvalue weighted by Gasteiger charge is -2.33. The van der Waals surface area contributed by atoms with Crippen LogP contribution in [0.1, 0.15) is 59.6 Å². The van der Waals surface area contributed by atoms with Crippen LogP contribution in [0, 0.1) is 23.1 Å². The summed E-state index contributed by atoms with van der Waals surface area (Å²) < 4.78 is 19.0. The van der Waals surface area contributed by atoms with Gasteiger partial charge in [0.25, 0.3) is 5.91 Å². The van der Waals surface area contributed by atoms with Gasteiger partial charge < -0.3 is 4.74 Å². The van der Waals surface area contributed by atoms with Gasteiger partial charge in [-0.1, -0.05) is 51.1 Å². The third-order valence-electron chi connectivity index (χ3n) is 8.40. The van der Waals surface area contributed by atoms with Gasteiger partial charge >= 0.3 is 5.97 Å². The van der Waals surface area contributed by atoms with E-state index in [-0.39, 0.29) is 5.41 Å². The standard InChI is InChI=1S/C31H31FN2O5S/c1-31(2,3)18-12-15-21-22(16-18)40-29(23(21)30(37)38-4)33-27(35)24-25(17-10-13-19(32)14-11-17)34(39-26(24)28(33)36)20-8-6-5-7-9-20/h5-11,13-14,18,24-26H,12,15-16H2,1-4H3/t18-,24-,25-,26-/m0/s1. The fourth-order valence-corrected chi connectivity index (χ4v) is 7.62. The number of rotatable bonds is 4. The highest BCUT2D eigenvalue weighted by molar-refractivity contribution is 7.17. The van der Waals surface area contributed by atoms with Crippen molar-refractivity contribution in [1.82, 2.24) is 0 Å². The van der Waals surface area contributed by atoms with E-state index in [9.17, 15) is 18.8 Å². The van der Waals surface area contributed by atoms with Gasteiger partial charge in [0, 0.05) is 4.88 Å². The van der Waals surface area contributed by atoms with Crippen LogP contribution in [0.4, 0.5) is 15.1 Å². The number of ether oxygens (including phenoxy) is 1. The molecule has 0 unspecified atom stereocenters. The van der Waals surface area contributed by atoms with E-state index in [2.05, 4.69) is 20.8 Å². The van der Waals surface area contributed by atoms with Gasteiger partial charge in [0.15, 0.2) is 6.10 Å². The molecule has 4 atom stereocenters. The Balaban J connectivity index is 1.43. The zero-order valence-corrected chi connectivity index (χ0v) is 23.7. The van der Waals surface area contributed by atoms with Crippen molar-refractivity contribution < 1.29 is 28.3 Å². The molecule has 0 spiro atoms. The number of halogens is 1. The minimum atomic E-state index is -1.09. The second-order valence-corrected chi connectivity index (χ2v) is 12.8. The number of hydrogen-bond donors (Lipinski definition) is 0. The lowest BCUT2D eigenvalue weighted by molar-refractivity contribution is -0.126. The molecule has 0 saturated carbocycles. The van der Waals surface area contributed by atoms with E-state index in [1.54, 1.807) is 17.2 Å². The molecule has 2 amide bonds. The van der Waals surface area contributed by atoms with Gasteiger partial charge in [-0.05, 0) is 66.0 Å². The first-order chi connectivity index (χ1) is 19.1. The Labute approximate surface area is 236 Å². The van der Waals surface area contributed by atoms with Crippen molar-refractivity contribution in [2.24, 2.45) is 17.3 Å². The van der Waals surface area contributed by atoms with Gasteiger partial charge in [-0.2, -0.15) is 0 Å². The molecule has 1 aromatic heterocycles. The molecular weight excluding hydrogens is 531 g/mol. The van der Waals surface area contributed by atoms with Gasteiger partial charge in [-0.25, -0.2) is 19.1 Å². The van der Waals surface area contributed by atoms with Crippen LogP contribution in [-0.4, -0.2) is 31.0 Å². The first-order valence-corrected chi connectivity index (χ1v) is 14.3. The molecule has 9 heteroatoms. The molecule has 3 heterocycles. The van der Waals surface area contributed by atoms with Gasteiger partial charge in [-0.3, -0.25) is 14.4 Å². The van der Waals surface area contributed by atoms with Crippen molar-refractivity contribution in [3.05, 3.63) is 82.0 Å². The summed E-state index contributed by atoms with van der Waals surface area (Å²) in [5.74, 6) is -2.39. The van der Waals surface area contributed by atoms with E-state index in [0.717, 1.165) is 28.2 Å². The molecular formula is C31H31FN2O5S. The molecule has 2 fully saturated rings. The number of benzene rings is 2. The number of fused-ring (bicyclic) bond motifs is 2. The van der Waals surface area contributed by atoms with Crippen molar-refractivity contribution >= 4 is 39.8 Å². The fourth-order valence-electron chi connectivity index (χ4n) is 6.19. The number of thiophene rings is 1. The highest BCUT2D eigenvalue weighted by Gasteiger charge is 2.61. The Morgan fingerprint density at radius 2 is 1.75 bits per heavy atom. The van der Waals surface area contributed by atoms with Crippen molar-refractivity contribution in [1.29, 1.82) is 0 Å². The molecule has 0 bridgehead atoms. The van der Waals surface area contributed by atoms with Crippen molar-refractivity contribution in [3.63, 3.8) is 0 Å². The molecule has 1 aliphatic carbocycles. The lowest BCUT2D eigenvalue weighted by Crippen LogP contribution is -2.37. The normalized spacial score (nSPS) is 24.3. The molecule has 2 aromatic carbocycles. The number of imide groups is 1. The Kier molecular flexibility index (Phi) is 6.54. The average molecular weight is 563 g/mol. The number of methoxy groups -OCH3 is 1. The first-order valence-electron chi connectivity index (χ1n) is 13.5. The van der Waals surface area contributed by atoms with E-state index in [1.165, 1.54) is 30.6 Å². The van der Waals surface area contributed by atoms with Gasteiger partial charge in [0.05, 0.1) is 24.4 Å². The monoisotopic (exact) mass is 562 g/mol. The van der Waals surface area contributed by atoms with E-state index in [4.69, 9.17) is 9.57 Å². The average Bonchev–Trinajstić information content (AvgIpc) is 3.58. The number of hydrogen-bond acceptors (Lipinski definition) is 7. The molecule has 6 rings (SSSR count). The van der Waals surface area contributed by atoms with Crippen molar-refractivity contribution in [3.8, 4) is 0 Å². The largest absolute Gasteiger partial charge is 0.465 e. The van der Waals surface area contributed by atoms with Gasteiger partial charge in [0.1, 0.15) is 16.7 Å². The van der Waals surface area contributed by atoms with Crippen LogP contribution in [0.3, 0.4) is 0 Å². The Hall–Kier alpha value is -3.56. The van der Waals surface area contributed by atoms with Crippen LogP contribution in [0.25, 0.3) is 0 Å². The zero-order chi connectivity index (χ0) is 28.3. The van der Waals surface area contributed by atoms with Gasteiger partial charge in [0.2, 0.25) is 5.91 Å². The fraction of sp³-hybridized carbons (Fsp3) is 0.387. The quantitative estimate of drug-likeness (QED) is 0.292. The highest BCUT2D eigenvalue weighted by Crippen LogP contribution is 2.51. The Morgan fingerprint density at radius 3 is 2.40 bits per heavy atom. The minimum Gasteiger partial charge on any atom is -0.465 e. The highest BCUT2D eigenvalue weighted by atomic mass is 32.1. The molecule has 2 saturated heterocycles. The van der Waals surface area contributed by atoms with E-state index in [0.29, 0.717) is 34.2 Å². The second-order valence-electron chi connectivity index (χ2n) is 11.7. The summed E-state index contributed by atoms with van der Waals surface area (Å²) in [6, 6.07) is 14.4. The number of hydroxylamine groups is 1. The summed E-state index contributed by atoms with van der Waals surface area (Å²) in [4.78, 5) is 49.6. The number of para-hydroxylation sites is 1.